The van der Waals surface area contributed by atoms with E-state index in [1.54, 1.807) is 41.8 Å². The van der Waals surface area contributed by atoms with Gasteiger partial charge in [-0.15, -0.1) is 0 Å². The summed E-state index contributed by atoms with van der Waals surface area (Å²) in [4.78, 5) is 43.3. The molecule has 2 N–H and O–H groups in total. The standard InChI is InChI=1S/C26H24N4O3/c1-16-7-10-19(11-8-16)29-26(33)22-14-30(25-21(24(22)32)12-9-18(3)27-25)15-23(31)28-20-6-4-5-17(2)13-20/h4-14H,15H2,1-3H3,(H,28,31)(H,29,33). The Morgan fingerprint density at radius 2 is 1.64 bits per heavy atom. The van der Waals surface area contributed by atoms with E-state index in [1.807, 2.05) is 44.2 Å². The largest absolute Gasteiger partial charge is 0.325 e. The summed E-state index contributed by atoms with van der Waals surface area (Å²) < 4.78 is 1.54. The molecular formula is C26H24N4O3. The zero-order valence-electron chi connectivity index (χ0n) is 18.7. The highest BCUT2D eigenvalue weighted by Gasteiger charge is 2.18. The summed E-state index contributed by atoms with van der Waals surface area (Å²) in [6, 6.07) is 18.1. The summed E-state index contributed by atoms with van der Waals surface area (Å²) in [5, 5.41) is 5.89. The van der Waals surface area contributed by atoms with E-state index in [0.29, 0.717) is 22.7 Å². The number of amides is 2. The fourth-order valence-electron chi connectivity index (χ4n) is 3.56. The van der Waals surface area contributed by atoms with Crippen LogP contribution in [-0.4, -0.2) is 21.4 Å². The van der Waals surface area contributed by atoms with Crippen LogP contribution in [0.1, 0.15) is 27.2 Å². The molecule has 33 heavy (non-hydrogen) atoms. The van der Waals surface area contributed by atoms with Crippen molar-refractivity contribution in [2.45, 2.75) is 27.3 Å². The summed E-state index contributed by atoms with van der Waals surface area (Å²) in [5.41, 5.74) is 3.89. The highest BCUT2D eigenvalue weighted by Crippen LogP contribution is 2.15. The number of benzene rings is 2. The number of carbonyl (C=O) groups is 2. The fraction of sp³-hybridized carbons (Fsp3) is 0.154. The minimum Gasteiger partial charge on any atom is -0.325 e. The Balaban J connectivity index is 1.70. The Morgan fingerprint density at radius 1 is 0.879 bits per heavy atom. The summed E-state index contributed by atoms with van der Waals surface area (Å²) in [6.07, 6.45) is 1.40. The topological polar surface area (TPSA) is 93.1 Å². The number of rotatable bonds is 5. The molecule has 7 nitrogen and oxygen atoms in total. The highest BCUT2D eigenvalue weighted by molar-refractivity contribution is 6.05. The Kier molecular flexibility index (Phi) is 6.04. The maximum atomic E-state index is 13.1. The monoisotopic (exact) mass is 440 g/mol. The molecular weight excluding hydrogens is 416 g/mol. The maximum Gasteiger partial charge on any atom is 0.261 e. The van der Waals surface area contributed by atoms with Gasteiger partial charge in [-0.1, -0.05) is 29.8 Å². The second kappa shape index (κ2) is 9.08. The van der Waals surface area contributed by atoms with Crippen LogP contribution in [0.2, 0.25) is 0 Å². The lowest BCUT2D eigenvalue weighted by Gasteiger charge is -2.14. The van der Waals surface area contributed by atoms with Crippen LogP contribution >= 0.6 is 0 Å². The lowest BCUT2D eigenvalue weighted by atomic mass is 10.1. The molecule has 0 aliphatic heterocycles. The van der Waals surface area contributed by atoms with Crippen LogP contribution in [0.15, 0.2) is 71.7 Å². The lowest BCUT2D eigenvalue weighted by molar-refractivity contribution is -0.116. The van der Waals surface area contributed by atoms with E-state index in [2.05, 4.69) is 15.6 Å². The predicted octanol–water partition coefficient (Wildman–Crippen LogP) is 4.21. The number of aromatic nitrogens is 2. The minimum absolute atomic E-state index is 0.0583. The van der Waals surface area contributed by atoms with Crippen LogP contribution in [0.5, 0.6) is 0 Å². The van der Waals surface area contributed by atoms with Gasteiger partial charge in [0.2, 0.25) is 11.3 Å². The molecule has 0 spiro atoms. The molecule has 2 aromatic heterocycles. The zero-order valence-corrected chi connectivity index (χ0v) is 18.7. The fourth-order valence-corrected chi connectivity index (χ4v) is 3.56. The molecule has 0 saturated heterocycles. The predicted molar refractivity (Wildman–Crippen MR) is 130 cm³/mol. The number of nitrogens with one attached hydrogen (secondary N) is 2. The first-order valence-electron chi connectivity index (χ1n) is 10.6. The molecule has 0 radical (unpaired) electrons. The first-order valence-corrected chi connectivity index (χ1v) is 10.6. The van der Waals surface area contributed by atoms with E-state index in [9.17, 15) is 14.4 Å². The first kappa shape index (κ1) is 22.0. The second-order valence-electron chi connectivity index (χ2n) is 8.06. The van der Waals surface area contributed by atoms with Gasteiger partial charge < -0.3 is 15.2 Å². The van der Waals surface area contributed by atoms with E-state index in [4.69, 9.17) is 0 Å². The van der Waals surface area contributed by atoms with Crippen LogP contribution in [0.25, 0.3) is 11.0 Å². The second-order valence-corrected chi connectivity index (χ2v) is 8.06. The van der Waals surface area contributed by atoms with Crippen molar-refractivity contribution < 1.29 is 9.59 Å². The van der Waals surface area contributed by atoms with Crippen molar-refractivity contribution in [1.82, 2.24) is 9.55 Å². The summed E-state index contributed by atoms with van der Waals surface area (Å²) in [5.74, 6) is -0.835. The van der Waals surface area contributed by atoms with Gasteiger partial charge in [-0.2, -0.15) is 0 Å². The molecule has 0 atom stereocenters. The van der Waals surface area contributed by atoms with Crippen molar-refractivity contribution in [2.75, 3.05) is 10.6 Å². The Labute approximate surface area is 191 Å². The number of hydrogen-bond acceptors (Lipinski definition) is 4. The van der Waals surface area contributed by atoms with Gasteiger partial charge in [0.25, 0.3) is 5.91 Å². The molecule has 7 heteroatoms. The summed E-state index contributed by atoms with van der Waals surface area (Å²) in [7, 11) is 0. The number of nitrogens with zero attached hydrogens (tertiary/aromatic N) is 2. The SMILES string of the molecule is Cc1ccc(NC(=O)c2cn(CC(=O)Nc3cccc(C)c3)c3nc(C)ccc3c2=O)cc1. The van der Waals surface area contributed by atoms with Crippen molar-refractivity contribution in [2.24, 2.45) is 0 Å². The van der Waals surface area contributed by atoms with Gasteiger partial charge in [-0.3, -0.25) is 14.4 Å². The molecule has 4 rings (SSSR count). The first-order chi connectivity index (χ1) is 15.8. The van der Waals surface area contributed by atoms with Crippen LogP contribution in [0.4, 0.5) is 11.4 Å². The highest BCUT2D eigenvalue weighted by atomic mass is 16.2. The third-order valence-corrected chi connectivity index (χ3v) is 5.23. The Hall–Kier alpha value is -4.26. The molecule has 2 aromatic carbocycles. The number of anilines is 2. The normalized spacial score (nSPS) is 10.8. The van der Waals surface area contributed by atoms with Crippen LogP contribution in [-0.2, 0) is 11.3 Å². The van der Waals surface area contributed by atoms with E-state index in [1.165, 1.54) is 6.20 Å². The van der Waals surface area contributed by atoms with E-state index >= 15 is 0 Å². The van der Waals surface area contributed by atoms with Crippen molar-refractivity contribution in [1.29, 1.82) is 0 Å². The number of fused-ring (bicyclic) bond motifs is 1. The van der Waals surface area contributed by atoms with Crippen molar-refractivity contribution in [3.63, 3.8) is 0 Å². The van der Waals surface area contributed by atoms with Crippen molar-refractivity contribution in [3.8, 4) is 0 Å². The summed E-state index contributed by atoms with van der Waals surface area (Å²) in [6.45, 7) is 5.59. The van der Waals surface area contributed by atoms with E-state index in [0.717, 1.165) is 11.1 Å². The number of hydrogen-bond donors (Lipinski definition) is 2. The molecule has 0 aliphatic carbocycles. The number of aryl methyl sites for hydroxylation is 3. The van der Waals surface area contributed by atoms with E-state index < -0.39 is 11.3 Å². The third kappa shape index (κ3) is 4.98. The van der Waals surface area contributed by atoms with Gasteiger partial charge in [-0.25, -0.2) is 4.98 Å². The minimum atomic E-state index is -0.542. The Bertz CT molecular complexity index is 1420. The van der Waals surface area contributed by atoms with Gasteiger partial charge in [0, 0.05) is 23.3 Å². The lowest BCUT2D eigenvalue weighted by Crippen LogP contribution is -2.27. The quantitative estimate of drug-likeness (QED) is 0.486. The molecule has 2 heterocycles. The molecule has 0 bridgehead atoms. The van der Waals surface area contributed by atoms with Crippen molar-refractivity contribution >= 4 is 34.2 Å². The molecule has 2 amide bonds. The smallest absolute Gasteiger partial charge is 0.261 e. The molecule has 0 fully saturated rings. The van der Waals surface area contributed by atoms with Crippen molar-refractivity contribution in [3.05, 3.63) is 99.5 Å². The molecule has 0 saturated carbocycles. The number of pyridine rings is 2. The van der Waals surface area contributed by atoms with Gasteiger partial charge in [0.05, 0.1) is 5.39 Å². The summed E-state index contributed by atoms with van der Waals surface area (Å²) >= 11 is 0. The number of carbonyl (C=O) groups excluding carboxylic acids is 2. The van der Waals surface area contributed by atoms with E-state index in [-0.39, 0.29) is 23.4 Å². The van der Waals surface area contributed by atoms with Gasteiger partial charge in [-0.05, 0) is 62.7 Å². The van der Waals surface area contributed by atoms with Gasteiger partial charge >= 0.3 is 0 Å². The molecule has 166 valence electrons. The molecule has 0 unspecified atom stereocenters. The van der Waals surface area contributed by atoms with Crippen LogP contribution in [0.3, 0.4) is 0 Å². The van der Waals surface area contributed by atoms with Gasteiger partial charge in [0.1, 0.15) is 17.8 Å². The molecule has 4 aromatic rings. The van der Waals surface area contributed by atoms with Gasteiger partial charge in [0.15, 0.2) is 0 Å². The Morgan fingerprint density at radius 3 is 2.36 bits per heavy atom. The third-order valence-electron chi connectivity index (χ3n) is 5.23. The average molecular weight is 441 g/mol. The van der Waals surface area contributed by atoms with Crippen LogP contribution < -0.4 is 16.1 Å². The molecule has 0 aliphatic rings. The van der Waals surface area contributed by atoms with Crippen LogP contribution in [0, 0.1) is 20.8 Å². The maximum absolute atomic E-state index is 13.1. The average Bonchev–Trinajstić information content (AvgIpc) is 2.77. The zero-order chi connectivity index (χ0) is 23.5.